The van der Waals surface area contributed by atoms with E-state index in [1.165, 1.54) is 0 Å². The van der Waals surface area contributed by atoms with E-state index in [1.54, 1.807) is 16.7 Å². The molecular weight excluding hydrogens is 318 g/mol. The number of carbonyl (C=O) groups excluding carboxylic acids is 2. The Morgan fingerprint density at radius 1 is 1.20 bits per heavy atom. The van der Waals surface area contributed by atoms with Crippen LogP contribution < -0.4 is 5.32 Å². The fraction of sp³-hybridized carbons (Fsp3) is 0.579. The Kier molecular flexibility index (Phi) is 7.25. The van der Waals surface area contributed by atoms with E-state index < -0.39 is 6.10 Å². The largest absolute Gasteiger partial charge is 0.369 e. The molecule has 6 nitrogen and oxygen atoms in total. The number of nitrogens with one attached hydrogen (secondary N) is 1. The van der Waals surface area contributed by atoms with Crippen LogP contribution in [0, 0.1) is 6.92 Å². The van der Waals surface area contributed by atoms with Gasteiger partial charge in [-0.15, -0.1) is 0 Å². The van der Waals surface area contributed by atoms with Crippen molar-refractivity contribution in [2.75, 3.05) is 38.1 Å². The first-order valence-corrected chi connectivity index (χ1v) is 9.04. The molecule has 2 rings (SSSR count). The van der Waals surface area contributed by atoms with Gasteiger partial charge in [0.25, 0.3) is 5.91 Å². The highest BCUT2D eigenvalue weighted by molar-refractivity contribution is 5.89. The van der Waals surface area contributed by atoms with Crippen LogP contribution in [0.4, 0.5) is 10.5 Å². The number of carbonyl (C=O) groups is 2. The molecule has 0 radical (unpaired) electrons. The van der Waals surface area contributed by atoms with E-state index in [0.717, 1.165) is 24.1 Å². The number of aryl methyl sites for hydroxylation is 1. The number of amides is 3. The molecular formula is C19H29N3O3. The topological polar surface area (TPSA) is 61.9 Å². The Morgan fingerprint density at radius 3 is 2.52 bits per heavy atom. The molecule has 0 aromatic heterocycles. The quantitative estimate of drug-likeness (QED) is 0.805. The van der Waals surface area contributed by atoms with E-state index in [-0.39, 0.29) is 11.9 Å². The van der Waals surface area contributed by atoms with Crippen molar-refractivity contribution in [3.8, 4) is 0 Å². The Hall–Kier alpha value is -2.08. The van der Waals surface area contributed by atoms with Crippen molar-refractivity contribution in [3.63, 3.8) is 0 Å². The number of anilines is 1. The number of nitrogens with zero attached hydrogens (tertiary/aromatic N) is 2. The smallest absolute Gasteiger partial charge is 0.321 e. The zero-order valence-electron chi connectivity index (χ0n) is 15.5. The number of hydrogen-bond acceptors (Lipinski definition) is 3. The van der Waals surface area contributed by atoms with Gasteiger partial charge in [-0.25, -0.2) is 4.79 Å². The number of urea groups is 1. The molecule has 1 aromatic carbocycles. The molecule has 1 atom stereocenters. The molecule has 1 heterocycles. The van der Waals surface area contributed by atoms with Gasteiger partial charge in [0.2, 0.25) is 0 Å². The average Bonchev–Trinajstić information content (AvgIpc) is 2.61. The van der Waals surface area contributed by atoms with Crippen molar-refractivity contribution in [3.05, 3.63) is 29.8 Å². The highest BCUT2D eigenvalue weighted by Crippen LogP contribution is 2.12. The molecule has 0 saturated carbocycles. The van der Waals surface area contributed by atoms with Gasteiger partial charge in [0.1, 0.15) is 6.10 Å². The Labute approximate surface area is 150 Å². The summed E-state index contributed by atoms with van der Waals surface area (Å²) in [4.78, 5) is 28.3. The number of benzene rings is 1. The van der Waals surface area contributed by atoms with Crippen LogP contribution >= 0.6 is 0 Å². The van der Waals surface area contributed by atoms with Crippen molar-refractivity contribution < 1.29 is 14.3 Å². The third-order valence-electron chi connectivity index (χ3n) is 4.36. The Balaban J connectivity index is 1.78. The number of rotatable bonds is 6. The van der Waals surface area contributed by atoms with E-state index in [4.69, 9.17) is 4.74 Å². The van der Waals surface area contributed by atoms with Gasteiger partial charge >= 0.3 is 6.03 Å². The van der Waals surface area contributed by atoms with Gasteiger partial charge in [0, 0.05) is 38.5 Å². The van der Waals surface area contributed by atoms with Crippen molar-refractivity contribution >= 4 is 17.6 Å². The second kappa shape index (κ2) is 9.42. The van der Waals surface area contributed by atoms with Crippen LogP contribution in [-0.2, 0) is 9.53 Å². The molecule has 25 heavy (non-hydrogen) atoms. The summed E-state index contributed by atoms with van der Waals surface area (Å²) in [6.07, 6.45) is 1.60. The highest BCUT2D eigenvalue weighted by atomic mass is 16.5. The maximum Gasteiger partial charge on any atom is 0.321 e. The summed E-state index contributed by atoms with van der Waals surface area (Å²) in [6.45, 7) is 8.65. The fourth-order valence-electron chi connectivity index (χ4n) is 2.79. The van der Waals surface area contributed by atoms with Gasteiger partial charge in [-0.1, -0.05) is 25.5 Å². The molecule has 0 bridgehead atoms. The van der Waals surface area contributed by atoms with Gasteiger partial charge in [0.05, 0.1) is 0 Å². The van der Waals surface area contributed by atoms with Crippen LogP contribution in [0.1, 0.15) is 32.3 Å². The number of piperazine rings is 1. The molecule has 6 heteroatoms. The summed E-state index contributed by atoms with van der Waals surface area (Å²) >= 11 is 0. The van der Waals surface area contributed by atoms with Crippen molar-refractivity contribution in [1.29, 1.82) is 0 Å². The summed E-state index contributed by atoms with van der Waals surface area (Å²) in [5, 5.41) is 2.91. The predicted molar refractivity (Wildman–Crippen MR) is 98.7 cm³/mol. The maximum atomic E-state index is 12.4. The van der Waals surface area contributed by atoms with Gasteiger partial charge in [0.15, 0.2) is 0 Å². The summed E-state index contributed by atoms with van der Waals surface area (Å²) in [5.74, 6) is 0.00912. The van der Waals surface area contributed by atoms with Crippen LogP contribution in [0.25, 0.3) is 0 Å². The standard InChI is InChI=1S/C19H29N3O3/c1-4-5-13-25-16(3)18(23)21-9-11-22(12-10-21)19(24)20-17-8-6-7-15(2)14-17/h6-8,14,16H,4-5,9-13H2,1-3H3,(H,20,24). The minimum Gasteiger partial charge on any atom is -0.369 e. The molecule has 0 aliphatic carbocycles. The third-order valence-corrected chi connectivity index (χ3v) is 4.36. The molecule has 138 valence electrons. The molecule has 0 spiro atoms. The van der Waals surface area contributed by atoms with Gasteiger partial charge in [-0.2, -0.15) is 0 Å². The van der Waals surface area contributed by atoms with Crippen molar-refractivity contribution in [1.82, 2.24) is 9.80 Å². The number of unbranched alkanes of at least 4 members (excludes halogenated alkanes) is 1. The lowest BCUT2D eigenvalue weighted by Crippen LogP contribution is -2.53. The Bertz CT molecular complexity index is 583. The van der Waals surface area contributed by atoms with Crippen LogP contribution in [-0.4, -0.2) is 60.6 Å². The second-order valence-electron chi connectivity index (χ2n) is 6.48. The van der Waals surface area contributed by atoms with Crippen LogP contribution in [0.15, 0.2) is 24.3 Å². The molecule has 1 aliphatic heterocycles. The number of hydrogen-bond donors (Lipinski definition) is 1. The lowest BCUT2D eigenvalue weighted by molar-refractivity contribution is -0.144. The summed E-state index contributed by atoms with van der Waals surface area (Å²) in [7, 11) is 0. The minimum absolute atomic E-state index is 0.00912. The third kappa shape index (κ3) is 5.74. The van der Waals surface area contributed by atoms with E-state index in [9.17, 15) is 9.59 Å². The van der Waals surface area contributed by atoms with Crippen molar-refractivity contribution in [2.24, 2.45) is 0 Å². The fourth-order valence-corrected chi connectivity index (χ4v) is 2.79. The lowest BCUT2D eigenvalue weighted by Gasteiger charge is -2.35. The molecule has 1 N–H and O–H groups in total. The first kappa shape index (κ1) is 19.2. The normalized spacial score (nSPS) is 15.8. The summed E-state index contributed by atoms with van der Waals surface area (Å²) < 4.78 is 5.58. The molecule has 1 fully saturated rings. The number of ether oxygens (including phenoxy) is 1. The molecule has 1 saturated heterocycles. The van der Waals surface area contributed by atoms with Crippen LogP contribution in [0.3, 0.4) is 0 Å². The summed E-state index contributed by atoms with van der Waals surface area (Å²) in [5.41, 5.74) is 1.90. The van der Waals surface area contributed by atoms with Gasteiger partial charge in [-0.3, -0.25) is 4.79 Å². The zero-order valence-corrected chi connectivity index (χ0v) is 15.5. The zero-order chi connectivity index (χ0) is 18.2. The molecule has 1 unspecified atom stereocenters. The van der Waals surface area contributed by atoms with E-state index in [2.05, 4.69) is 12.2 Å². The summed E-state index contributed by atoms with van der Waals surface area (Å²) in [6, 6.07) is 7.60. The minimum atomic E-state index is -0.417. The molecule has 1 aromatic rings. The second-order valence-corrected chi connectivity index (χ2v) is 6.48. The monoisotopic (exact) mass is 347 g/mol. The van der Waals surface area contributed by atoms with Gasteiger partial charge < -0.3 is 19.9 Å². The molecule has 1 aliphatic rings. The van der Waals surface area contributed by atoms with Crippen LogP contribution in [0.5, 0.6) is 0 Å². The highest BCUT2D eigenvalue weighted by Gasteiger charge is 2.27. The van der Waals surface area contributed by atoms with E-state index in [1.807, 2.05) is 31.2 Å². The van der Waals surface area contributed by atoms with Gasteiger partial charge in [-0.05, 0) is 38.0 Å². The predicted octanol–water partition coefficient (Wildman–Crippen LogP) is 2.88. The Morgan fingerprint density at radius 2 is 1.88 bits per heavy atom. The SMILES string of the molecule is CCCCOC(C)C(=O)N1CCN(C(=O)Nc2cccc(C)c2)CC1. The first-order chi connectivity index (χ1) is 12.0. The van der Waals surface area contributed by atoms with Crippen molar-refractivity contribution in [2.45, 2.75) is 39.7 Å². The first-order valence-electron chi connectivity index (χ1n) is 9.04. The maximum absolute atomic E-state index is 12.4. The van der Waals surface area contributed by atoms with Crippen LogP contribution in [0.2, 0.25) is 0 Å². The lowest BCUT2D eigenvalue weighted by atomic mass is 10.2. The average molecular weight is 347 g/mol. The van der Waals surface area contributed by atoms with E-state index >= 15 is 0 Å². The van der Waals surface area contributed by atoms with E-state index in [0.29, 0.717) is 32.8 Å². The molecule has 3 amide bonds.